The van der Waals surface area contributed by atoms with Gasteiger partial charge in [-0.15, -0.1) is 0 Å². The number of fused-ring (bicyclic) bond motifs is 2. The Bertz CT molecular complexity index is 806. The van der Waals surface area contributed by atoms with Gasteiger partial charge in [-0.25, -0.2) is 0 Å². The molecule has 2 aliphatic carbocycles. The van der Waals surface area contributed by atoms with Crippen LogP contribution in [0.3, 0.4) is 0 Å². The summed E-state index contributed by atoms with van der Waals surface area (Å²) in [5.41, 5.74) is 6.08. The summed E-state index contributed by atoms with van der Waals surface area (Å²) < 4.78 is 1.09. The minimum Gasteiger partial charge on any atom is -0.0839 e. The number of alkyl halides is 6. The van der Waals surface area contributed by atoms with Gasteiger partial charge < -0.3 is 0 Å². The van der Waals surface area contributed by atoms with E-state index in [1.165, 1.54) is 56.8 Å². The third-order valence-corrected chi connectivity index (χ3v) is 7.95. The molecule has 0 amide bonds. The van der Waals surface area contributed by atoms with Crippen molar-refractivity contribution in [2.45, 2.75) is 51.4 Å². The van der Waals surface area contributed by atoms with Crippen molar-refractivity contribution in [1.29, 1.82) is 0 Å². The normalized spacial score (nSPS) is 20.3. The van der Waals surface area contributed by atoms with E-state index in [0.29, 0.717) is 9.65 Å². The summed E-state index contributed by atoms with van der Waals surface area (Å²) in [6, 6.07) is 13.5. The quantitative estimate of drug-likeness (QED) is 0.183. The lowest BCUT2D eigenvalue weighted by Gasteiger charge is -2.25. The van der Waals surface area contributed by atoms with Gasteiger partial charge in [0.25, 0.3) is 3.25 Å². The topological polar surface area (TPSA) is 0 Å². The van der Waals surface area contributed by atoms with Gasteiger partial charge in [-0.2, -0.15) is 0 Å². The first-order valence-corrected chi connectivity index (χ1v) is 14.6. The molecule has 2 aromatic carbocycles. The Hall–Kier alpha value is 2.02. The van der Waals surface area contributed by atoms with Crippen LogP contribution >= 0.6 is 123 Å². The lowest BCUT2D eigenvalue weighted by atomic mass is 9.92. The van der Waals surface area contributed by atoms with Gasteiger partial charge in [-0.3, -0.25) is 0 Å². The number of benzene rings is 2. The third kappa shape index (κ3) is 10.2. The summed E-state index contributed by atoms with van der Waals surface area (Å²) in [5, 5.41) is 0. The van der Waals surface area contributed by atoms with Gasteiger partial charge >= 0.3 is 0 Å². The van der Waals surface area contributed by atoms with Crippen LogP contribution in [0.15, 0.2) is 36.4 Å². The molecular formula is C21H20Br2Cl4I2. The van der Waals surface area contributed by atoms with Crippen molar-refractivity contribution < 1.29 is 0 Å². The van der Waals surface area contributed by atoms with E-state index in [4.69, 9.17) is 46.4 Å². The Labute approximate surface area is 237 Å². The monoisotopic (exact) mass is 824 g/mol. The van der Waals surface area contributed by atoms with Gasteiger partial charge in [0.1, 0.15) is 0 Å². The van der Waals surface area contributed by atoms with E-state index in [-0.39, 0.29) is 0 Å². The molecule has 2 unspecified atom stereocenters. The molecule has 0 aromatic heterocycles. The largest absolute Gasteiger partial charge is 0.266 e. The predicted molar refractivity (Wildman–Crippen MR) is 154 cm³/mol. The fourth-order valence-corrected chi connectivity index (χ4v) is 5.82. The van der Waals surface area contributed by atoms with E-state index in [1.807, 2.05) is 0 Å². The molecule has 0 saturated heterocycles. The second-order valence-electron chi connectivity index (χ2n) is 6.83. The first-order chi connectivity index (χ1) is 13.5. The Morgan fingerprint density at radius 2 is 1.21 bits per heavy atom. The van der Waals surface area contributed by atoms with Gasteiger partial charge in [-0.05, 0) is 130 Å². The van der Waals surface area contributed by atoms with Crippen LogP contribution in [0.25, 0.3) is 0 Å². The Balaban J connectivity index is 0.000000171. The van der Waals surface area contributed by atoms with Gasteiger partial charge in [0.15, 0.2) is 0 Å². The van der Waals surface area contributed by atoms with Crippen LogP contribution in [0.5, 0.6) is 0 Å². The molecule has 0 saturated carbocycles. The first kappa shape index (κ1) is 27.3. The van der Waals surface area contributed by atoms with E-state index >= 15 is 0 Å². The van der Waals surface area contributed by atoms with Crippen LogP contribution in [0.1, 0.15) is 57.6 Å². The Morgan fingerprint density at radius 1 is 0.724 bits per heavy atom. The number of rotatable bonds is 0. The second-order valence-corrected chi connectivity index (χ2v) is 15.0. The molecule has 0 aliphatic heterocycles. The molecule has 0 spiro atoms. The van der Waals surface area contributed by atoms with Crippen molar-refractivity contribution in [2.24, 2.45) is 0 Å². The van der Waals surface area contributed by atoms with Crippen molar-refractivity contribution in [3.63, 3.8) is 0 Å². The van der Waals surface area contributed by atoms with Crippen LogP contribution in [-0.2, 0) is 12.8 Å². The predicted octanol–water partition coefficient (Wildman–Crippen LogP) is 10.7. The first-order valence-electron chi connectivity index (χ1n) is 9.15. The number of hydrogen-bond donors (Lipinski definition) is 0. The van der Waals surface area contributed by atoms with E-state index < -0.39 is 3.25 Å². The maximum atomic E-state index is 4.83. The zero-order valence-corrected chi connectivity index (χ0v) is 25.9. The van der Waals surface area contributed by atoms with Crippen molar-refractivity contribution >= 4 is 123 Å². The minimum absolute atomic E-state index is 0.547. The molecule has 160 valence electrons. The highest BCUT2D eigenvalue weighted by atomic mass is 127. The molecule has 0 heterocycles. The molecule has 0 nitrogen and oxygen atoms in total. The fourth-order valence-electron chi connectivity index (χ4n) is 3.41. The Kier molecular flexibility index (Phi) is 12.3. The third-order valence-electron chi connectivity index (χ3n) is 4.71. The fraction of sp³-hybridized carbons (Fsp3) is 0.429. The average molecular weight is 828 g/mol. The summed E-state index contributed by atoms with van der Waals surface area (Å²) in [6.07, 6.45) is 7.81. The molecular weight excluding hydrogens is 808 g/mol. The second kappa shape index (κ2) is 13.0. The minimum atomic E-state index is -1.61. The highest BCUT2D eigenvalue weighted by Gasteiger charge is 2.23. The zero-order valence-electron chi connectivity index (χ0n) is 15.4. The average Bonchev–Trinajstić information content (AvgIpc) is 2.64. The molecule has 2 atom stereocenters. The molecule has 29 heavy (non-hydrogen) atoms. The van der Waals surface area contributed by atoms with Crippen molar-refractivity contribution in [3.05, 3.63) is 65.8 Å². The van der Waals surface area contributed by atoms with Gasteiger partial charge in [0.2, 0.25) is 0 Å². The number of hydrogen-bond acceptors (Lipinski definition) is 0. The molecule has 2 aliphatic rings. The summed E-state index contributed by atoms with van der Waals surface area (Å²) in [7, 11) is 0. The van der Waals surface area contributed by atoms with Crippen molar-refractivity contribution in [2.75, 3.05) is 0 Å². The Morgan fingerprint density at radius 3 is 1.83 bits per heavy atom. The van der Waals surface area contributed by atoms with Gasteiger partial charge in [-0.1, -0.05) is 90.4 Å². The maximum absolute atomic E-state index is 4.83. The summed E-state index contributed by atoms with van der Waals surface area (Å²) in [6.45, 7) is 0. The lowest BCUT2D eigenvalue weighted by molar-refractivity contribution is 0.676. The van der Waals surface area contributed by atoms with E-state index in [2.05, 4.69) is 113 Å². The summed E-state index contributed by atoms with van der Waals surface area (Å²) >= 11 is 31.5. The van der Waals surface area contributed by atoms with Crippen LogP contribution < -0.4 is 0 Å². The van der Waals surface area contributed by atoms with E-state index in [9.17, 15) is 0 Å². The van der Waals surface area contributed by atoms with Crippen LogP contribution in [0.2, 0.25) is 0 Å². The molecule has 0 fully saturated rings. The molecule has 4 rings (SSSR count). The summed E-state index contributed by atoms with van der Waals surface area (Å²) in [4.78, 5) is 1.10. The molecule has 0 bridgehead atoms. The summed E-state index contributed by atoms with van der Waals surface area (Å²) in [5.74, 6) is 0. The number of aryl methyl sites for hydroxylation is 2. The highest BCUT2D eigenvalue weighted by molar-refractivity contribution is 14.1. The smallest absolute Gasteiger partial charge is 0.0839 e. The van der Waals surface area contributed by atoms with Gasteiger partial charge in [0.05, 0.1) is 0 Å². The molecule has 8 heteroatoms. The molecule has 0 N–H and O–H groups in total. The van der Waals surface area contributed by atoms with Crippen LogP contribution in [0.4, 0.5) is 0 Å². The van der Waals surface area contributed by atoms with E-state index in [1.54, 1.807) is 11.1 Å². The zero-order chi connectivity index (χ0) is 21.6. The lowest BCUT2D eigenvalue weighted by Crippen LogP contribution is -2.07. The standard InChI is InChI=1S/C10H9Br2I.C10H11I.CCl4/c11-9-3-4-10(12)8-5-6(13)1-2-7(8)9;11-10-6-5-8-3-1-2-4-9(8)7-10;2-1(3,4)5/h1-2,5,9-10H,3-4H2;5-7H,1-4H2;. The SMILES string of the molecule is BrC1CCC(Br)c2cc(I)ccc21.ClC(Cl)(Cl)Cl.Ic1ccc2c(c1)CCCC2. The van der Waals surface area contributed by atoms with Crippen molar-refractivity contribution in [3.8, 4) is 0 Å². The van der Waals surface area contributed by atoms with Gasteiger partial charge in [0, 0.05) is 16.8 Å². The molecule has 0 radical (unpaired) electrons. The highest BCUT2D eigenvalue weighted by Crippen LogP contribution is 2.44. The number of halogens is 8. The molecule has 2 aromatic rings. The van der Waals surface area contributed by atoms with Crippen molar-refractivity contribution in [1.82, 2.24) is 0 Å². The maximum Gasteiger partial charge on any atom is 0.266 e. The van der Waals surface area contributed by atoms with E-state index in [0.717, 1.165) is 0 Å². The van der Waals surface area contributed by atoms with Crippen LogP contribution in [-0.4, -0.2) is 3.25 Å². The van der Waals surface area contributed by atoms with Crippen LogP contribution in [0, 0.1) is 7.14 Å².